The first-order valence-corrected chi connectivity index (χ1v) is 13.6. The molecule has 0 aliphatic carbocycles. The number of hydrogen-bond acceptors (Lipinski definition) is 6. The van der Waals surface area contributed by atoms with E-state index >= 15 is 4.39 Å². The van der Waals surface area contributed by atoms with Gasteiger partial charge in [0.2, 0.25) is 15.9 Å². The van der Waals surface area contributed by atoms with E-state index in [0.29, 0.717) is 43.7 Å². The Morgan fingerprint density at radius 1 is 1.08 bits per heavy atom. The van der Waals surface area contributed by atoms with Crippen LogP contribution in [0, 0.1) is 5.82 Å². The molecule has 0 spiro atoms. The van der Waals surface area contributed by atoms with Crippen LogP contribution in [0.25, 0.3) is 0 Å². The van der Waals surface area contributed by atoms with E-state index in [1.54, 1.807) is 19.1 Å². The average molecular weight is 518 g/mol. The number of benzene rings is 2. The van der Waals surface area contributed by atoms with Crippen LogP contribution in [0.5, 0.6) is 0 Å². The zero-order valence-corrected chi connectivity index (χ0v) is 21.6. The minimum absolute atomic E-state index is 0.180. The van der Waals surface area contributed by atoms with Crippen LogP contribution in [0.4, 0.5) is 10.1 Å². The summed E-state index contributed by atoms with van der Waals surface area (Å²) in [5, 5.41) is -0.648. The maximum Gasteiger partial charge on any atom is 0.330 e. The third-order valence-corrected chi connectivity index (χ3v) is 9.57. The zero-order chi connectivity index (χ0) is 26.0. The smallest absolute Gasteiger partial charge is 0.330 e. The maximum absolute atomic E-state index is 15.4. The number of ether oxygens (including phenoxy) is 1. The van der Waals surface area contributed by atoms with E-state index in [-0.39, 0.29) is 12.5 Å². The number of carbonyl (C=O) groups excluding carboxylic acids is 2. The molecule has 10 heteroatoms. The lowest BCUT2D eigenvalue weighted by molar-refractivity contribution is -0.152. The molecule has 2 aliphatic heterocycles. The van der Waals surface area contributed by atoms with Crippen LogP contribution in [0.15, 0.2) is 48.5 Å². The van der Waals surface area contributed by atoms with Crippen molar-refractivity contribution in [1.82, 2.24) is 9.21 Å². The largest absolute Gasteiger partial charge is 0.467 e. The number of methoxy groups -OCH3 is 1. The van der Waals surface area contributed by atoms with Crippen molar-refractivity contribution >= 4 is 27.6 Å². The number of sulfonamides is 1. The molecule has 2 heterocycles. The predicted octanol–water partition coefficient (Wildman–Crippen LogP) is 3.26. The van der Waals surface area contributed by atoms with Crippen molar-refractivity contribution in [3.8, 4) is 0 Å². The highest BCUT2D eigenvalue weighted by Gasteiger charge is 2.40. The highest BCUT2D eigenvalue weighted by Crippen LogP contribution is 2.39. The summed E-state index contributed by atoms with van der Waals surface area (Å²) >= 11 is 0. The second-order valence-electron chi connectivity index (χ2n) is 9.28. The van der Waals surface area contributed by atoms with Crippen molar-refractivity contribution in [1.29, 1.82) is 0 Å². The molecule has 2 saturated heterocycles. The fourth-order valence-electron chi connectivity index (χ4n) is 5.23. The van der Waals surface area contributed by atoms with Crippen molar-refractivity contribution in [2.45, 2.75) is 44.0 Å². The van der Waals surface area contributed by atoms with Gasteiger partial charge in [-0.2, -0.15) is 4.31 Å². The highest BCUT2D eigenvalue weighted by atomic mass is 32.2. The highest BCUT2D eigenvalue weighted by molar-refractivity contribution is 7.89. The molecule has 2 aromatic rings. The number of nitrogens with zero attached hydrogens (tertiary/aromatic N) is 3. The van der Waals surface area contributed by atoms with E-state index in [1.165, 1.54) is 29.3 Å². The number of esters is 1. The van der Waals surface area contributed by atoms with Crippen molar-refractivity contribution in [3.05, 3.63) is 65.5 Å². The molecule has 36 heavy (non-hydrogen) atoms. The number of piperazine rings is 1. The van der Waals surface area contributed by atoms with Crippen molar-refractivity contribution < 1.29 is 27.1 Å². The molecule has 4 rings (SSSR count). The van der Waals surface area contributed by atoms with Gasteiger partial charge < -0.3 is 14.5 Å². The van der Waals surface area contributed by atoms with Crippen LogP contribution >= 0.6 is 0 Å². The van der Waals surface area contributed by atoms with Crippen LogP contribution in [-0.4, -0.2) is 68.8 Å². The molecule has 2 aromatic carbocycles. The third-order valence-electron chi connectivity index (χ3n) is 7.19. The Morgan fingerprint density at radius 3 is 2.44 bits per heavy atom. The van der Waals surface area contributed by atoms with Gasteiger partial charge in [-0.05, 0) is 37.5 Å². The summed E-state index contributed by atoms with van der Waals surface area (Å²) in [5.74, 6) is -1.26. The Labute approximate surface area is 211 Å². The zero-order valence-electron chi connectivity index (χ0n) is 20.8. The lowest BCUT2D eigenvalue weighted by Gasteiger charge is -2.40. The first-order valence-electron chi connectivity index (χ1n) is 12.1. The minimum Gasteiger partial charge on any atom is -0.467 e. The summed E-state index contributed by atoms with van der Waals surface area (Å²) in [6.45, 7) is 4.37. The maximum atomic E-state index is 15.4. The molecule has 2 fully saturated rings. The number of rotatable bonds is 5. The Balaban J connectivity index is 1.55. The van der Waals surface area contributed by atoms with Crippen LogP contribution in [0.3, 0.4) is 0 Å². The van der Waals surface area contributed by atoms with Crippen LogP contribution in [0.2, 0.25) is 0 Å². The summed E-state index contributed by atoms with van der Waals surface area (Å²) < 4.78 is 48.6. The number of anilines is 1. The minimum atomic E-state index is -3.68. The average Bonchev–Trinajstić information content (AvgIpc) is 2.87. The van der Waals surface area contributed by atoms with Crippen molar-refractivity contribution in [3.63, 3.8) is 0 Å². The first-order chi connectivity index (χ1) is 17.1. The van der Waals surface area contributed by atoms with E-state index in [9.17, 15) is 18.0 Å². The fraction of sp³-hybridized carbons (Fsp3) is 0.462. The molecule has 0 bridgehead atoms. The van der Waals surface area contributed by atoms with Gasteiger partial charge in [-0.3, -0.25) is 4.79 Å². The molecule has 194 valence electrons. The lowest BCUT2D eigenvalue weighted by atomic mass is 10.0. The molecule has 2 unspecified atom stereocenters. The quantitative estimate of drug-likeness (QED) is 0.566. The molecule has 3 atom stereocenters. The van der Waals surface area contributed by atoms with Gasteiger partial charge in [0.15, 0.2) is 0 Å². The normalized spacial score (nSPS) is 23.2. The number of hydrogen-bond donors (Lipinski definition) is 0. The van der Waals surface area contributed by atoms with Gasteiger partial charge in [-0.25, -0.2) is 17.6 Å². The third kappa shape index (κ3) is 4.97. The summed E-state index contributed by atoms with van der Waals surface area (Å²) in [7, 11) is -2.41. The number of carbonyl (C=O) groups is 2. The Bertz CT molecular complexity index is 1220. The van der Waals surface area contributed by atoms with E-state index in [4.69, 9.17) is 4.74 Å². The first kappa shape index (κ1) is 26.1. The molecule has 1 amide bonds. The number of halogens is 1. The van der Waals surface area contributed by atoms with Gasteiger partial charge in [-0.15, -0.1) is 0 Å². The summed E-state index contributed by atoms with van der Waals surface area (Å²) in [6.07, 6.45) is 1.22. The Morgan fingerprint density at radius 2 is 1.81 bits per heavy atom. The molecule has 0 N–H and O–H groups in total. The topological polar surface area (TPSA) is 87.2 Å². The number of amides is 1. The van der Waals surface area contributed by atoms with Gasteiger partial charge in [0.05, 0.1) is 7.11 Å². The molecule has 2 aliphatic rings. The molecule has 0 saturated carbocycles. The standard InChI is InChI=1S/C26H32FN3O5S/c1-18(30-13-7-10-25(36(30,33)34)20-8-5-4-6-9-20)22-12-11-21(16-23(22)27)28-14-15-29(19(2)31)24(17-28)26(32)35-3/h4-6,8-9,11-12,16,18,24-25H,7,10,13-15,17H2,1-3H3/t18?,24-,25?/m0/s1. The second kappa shape index (κ2) is 10.6. The molecule has 0 aromatic heterocycles. The van der Waals surface area contributed by atoms with Crippen LogP contribution < -0.4 is 4.90 Å². The monoisotopic (exact) mass is 517 g/mol. The Kier molecular flexibility index (Phi) is 7.65. The van der Waals surface area contributed by atoms with E-state index < -0.39 is 39.1 Å². The van der Waals surface area contributed by atoms with Gasteiger partial charge in [0.25, 0.3) is 0 Å². The van der Waals surface area contributed by atoms with Crippen LogP contribution in [-0.2, 0) is 24.3 Å². The second-order valence-corrected chi connectivity index (χ2v) is 11.3. The molecular weight excluding hydrogens is 485 g/mol. The Hall–Kier alpha value is -2.98. The molecular formula is C26H32FN3O5S. The van der Waals surface area contributed by atoms with E-state index in [1.807, 2.05) is 35.2 Å². The van der Waals surface area contributed by atoms with E-state index in [2.05, 4.69) is 0 Å². The van der Waals surface area contributed by atoms with Crippen molar-refractivity contribution in [2.24, 2.45) is 0 Å². The molecule has 0 radical (unpaired) electrons. The van der Waals surface area contributed by atoms with Gasteiger partial charge in [0, 0.05) is 50.4 Å². The van der Waals surface area contributed by atoms with Gasteiger partial charge in [-0.1, -0.05) is 36.4 Å². The van der Waals surface area contributed by atoms with Gasteiger partial charge in [0.1, 0.15) is 17.1 Å². The van der Waals surface area contributed by atoms with Crippen LogP contribution in [0.1, 0.15) is 49.1 Å². The van der Waals surface area contributed by atoms with E-state index in [0.717, 1.165) is 5.56 Å². The predicted molar refractivity (Wildman–Crippen MR) is 134 cm³/mol. The van der Waals surface area contributed by atoms with Gasteiger partial charge >= 0.3 is 5.97 Å². The summed E-state index contributed by atoms with van der Waals surface area (Å²) in [4.78, 5) is 27.5. The summed E-state index contributed by atoms with van der Waals surface area (Å²) in [5.41, 5.74) is 1.60. The molecule has 8 nitrogen and oxygen atoms in total. The SMILES string of the molecule is COC(=O)[C@@H]1CN(c2ccc(C(C)N3CCCC(c4ccccc4)S3(=O)=O)c(F)c2)CCN1C(C)=O. The fourth-order valence-corrected chi connectivity index (χ4v) is 7.46. The van der Waals surface area contributed by atoms with Crippen molar-refractivity contribution in [2.75, 3.05) is 38.2 Å². The lowest BCUT2D eigenvalue weighted by Crippen LogP contribution is -2.58. The summed E-state index contributed by atoms with van der Waals surface area (Å²) in [6, 6.07) is 12.4.